The molecule has 0 saturated carbocycles. The van der Waals surface area contributed by atoms with Crippen LogP contribution in [0.4, 0.5) is 0 Å². The number of allylic oxidation sites excluding steroid dienone is 2. The minimum atomic E-state index is -1.00. The van der Waals surface area contributed by atoms with E-state index in [4.69, 9.17) is 0 Å². The normalized spacial score (nSPS) is 20.6. The van der Waals surface area contributed by atoms with E-state index in [1.807, 2.05) is 39.8 Å². The van der Waals surface area contributed by atoms with Gasteiger partial charge in [-0.1, -0.05) is 18.7 Å². The molecule has 10 heteroatoms. The molecule has 4 rings (SSSR count). The SMILES string of the molecule is C=CC1=C(C)C(/C=c2\[nH]/c(=C/c3[nH]c(CC4NC(=O)C(C)/C4=C\C)c(C)c3CCC(=O)O)c(CC(=O)O)c2C)=NC1=O. The zero-order valence-electron chi connectivity index (χ0n) is 24.5. The zero-order valence-corrected chi connectivity index (χ0v) is 24.5. The highest BCUT2D eigenvalue weighted by Gasteiger charge is 2.34. The van der Waals surface area contributed by atoms with E-state index in [9.17, 15) is 29.4 Å². The molecular formula is C32H36N4O6. The van der Waals surface area contributed by atoms with E-state index in [2.05, 4.69) is 26.9 Å². The fourth-order valence-electron chi connectivity index (χ4n) is 5.79. The van der Waals surface area contributed by atoms with Crippen molar-refractivity contribution in [3.63, 3.8) is 0 Å². The molecule has 2 aliphatic rings. The van der Waals surface area contributed by atoms with Gasteiger partial charge in [-0.05, 0) is 86.6 Å². The summed E-state index contributed by atoms with van der Waals surface area (Å²) in [7, 11) is 0. The highest BCUT2D eigenvalue weighted by Crippen LogP contribution is 2.28. The minimum absolute atomic E-state index is 0.0296. The summed E-state index contributed by atoms with van der Waals surface area (Å²) in [5.74, 6) is -2.55. The summed E-state index contributed by atoms with van der Waals surface area (Å²) in [4.78, 5) is 58.8. The first-order chi connectivity index (χ1) is 19.9. The predicted molar refractivity (Wildman–Crippen MR) is 160 cm³/mol. The van der Waals surface area contributed by atoms with Crippen molar-refractivity contribution in [2.45, 2.75) is 66.3 Å². The molecular weight excluding hydrogens is 536 g/mol. The molecule has 2 amide bonds. The number of aliphatic carboxylic acids is 2. The summed E-state index contributed by atoms with van der Waals surface area (Å²) < 4.78 is 0. The number of aliphatic imine (C=N–C) groups is 1. The molecule has 42 heavy (non-hydrogen) atoms. The van der Waals surface area contributed by atoms with E-state index in [1.165, 1.54) is 6.08 Å². The number of carbonyl (C=O) groups is 4. The summed E-state index contributed by atoms with van der Waals surface area (Å²) in [6, 6.07) is -0.182. The van der Waals surface area contributed by atoms with Gasteiger partial charge in [0.2, 0.25) is 5.91 Å². The van der Waals surface area contributed by atoms with Gasteiger partial charge in [-0.2, -0.15) is 0 Å². The lowest BCUT2D eigenvalue weighted by molar-refractivity contribution is -0.137. The highest BCUT2D eigenvalue weighted by molar-refractivity contribution is 6.31. The van der Waals surface area contributed by atoms with Gasteiger partial charge in [0.25, 0.3) is 5.91 Å². The predicted octanol–water partition coefficient (Wildman–Crippen LogP) is 2.32. The second kappa shape index (κ2) is 12.0. The van der Waals surface area contributed by atoms with Gasteiger partial charge in [0.15, 0.2) is 0 Å². The van der Waals surface area contributed by atoms with Crippen LogP contribution in [-0.2, 0) is 38.4 Å². The van der Waals surface area contributed by atoms with Crippen LogP contribution in [0.25, 0.3) is 12.2 Å². The van der Waals surface area contributed by atoms with Crippen molar-refractivity contribution in [3.05, 3.63) is 79.8 Å². The number of amides is 2. The average molecular weight is 573 g/mol. The first-order valence-corrected chi connectivity index (χ1v) is 13.8. The third-order valence-corrected chi connectivity index (χ3v) is 8.25. The molecule has 0 aromatic carbocycles. The lowest BCUT2D eigenvalue weighted by Crippen LogP contribution is -2.28. The number of carbonyl (C=O) groups excluding carboxylic acids is 2. The number of hydrogen-bond donors (Lipinski definition) is 5. The summed E-state index contributed by atoms with van der Waals surface area (Å²) in [6.45, 7) is 13.0. The van der Waals surface area contributed by atoms with Crippen LogP contribution in [0.2, 0.25) is 0 Å². The second-order valence-corrected chi connectivity index (χ2v) is 10.8. The molecule has 0 bridgehead atoms. The Morgan fingerprint density at radius 3 is 2.31 bits per heavy atom. The summed E-state index contributed by atoms with van der Waals surface area (Å²) in [6.07, 6.45) is 7.42. The smallest absolute Gasteiger partial charge is 0.307 e. The maximum atomic E-state index is 12.4. The fraction of sp³-hybridized carbons (Fsp3) is 0.344. The first-order valence-electron chi connectivity index (χ1n) is 13.8. The Morgan fingerprint density at radius 1 is 1.00 bits per heavy atom. The number of aromatic nitrogens is 2. The van der Waals surface area contributed by atoms with Crippen molar-refractivity contribution in [1.82, 2.24) is 15.3 Å². The second-order valence-electron chi connectivity index (χ2n) is 10.8. The molecule has 220 valence electrons. The molecule has 2 aromatic rings. The lowest BCUT2D eigenvalue weighted by Gasteiger charge is -2.13. The Labute approximate surface area is 243 Å². The van der Waals surface area contributed by atoms with Crippen LogP contribution in [-0.4, -0.2) is 55.7 Å². The van der Waals surface area contributed by atoms with Crippen molar-refractivity contribution in [3.8, 4) is 0 Å². The highest BCUT2D eigenvalue weighted by atomic mass is 16.4. The molecule has 1 fully saturated rings. The standard InChI is InChI=1S/C32H36N4O6/c1-7-19-18(6)31(41)36-26(19)13-24-16(4)21(9-10-29(37)38)27(33-24)14-28-22(11-30(39)40)17(5)23(34-28)12-25-15(3)20(8-2)32(42)35-25/h7-8,12,14,18,26,33-34H,2,9-11,13H2,1,3-6H3,(H,36,41)(H,37,38)(H,39,40)/b19-7+,23-12-,28-14+. The molecule has 0 radical (unpaired) electrons. The number of carboxylic acids is 2. The van der Waals surface area contributed by atoms with Gasteiger partial charge in [-0.15, -0.1) is 0 Å². The van der Waals surface area contributed by atoms with E-state index in [0.29, 0.717) is 50.8 Å². The van der Waals surface area contributed by atoms with E-state index in [1.54, 1.807) is 13.0 Å². The summed E-state index contributed by atoms with van der Waals surface area (Å²) in [5.41, 5.74) is 7.10. The topological polar surface area (TPSA) is 165 Å². The molecule has 0 aliphatic carbocycles. The van der Waals surface area contributed by atoms with Crippen molar-refractivity contribution in [2.75, 3.05) is 0 Å². The molecule has 5 N–H and O–H groups in total. The average Bonchev–Trinajstić information content (AvgIpc) is 3.56. The third-order valence-electron chi connectivity index (χ3n) is 8.25. The van der Waals surface area contributed by atoms with Crippen LogP contribution in [0.1, 0.15) is 60.8 Å². The third kappa shape index (κ3) is 5.83. The fourth-order valence-corrected chi connectivity index (χ4v) is 5.79. The van der Waals surface area contributed by atoms with Crippen LogP contribution in [0.15, 0.2) is 40.4 Å². The van der Waals surface area contributed by atoms with Gasteiger partial charge >= 0.3 is 11.9 Å². The lowest BCUT2D eigenvalue weighted by atomic mass is 9.94. The maximum Gasteiger partial charge on any atom is 0.307 e. The molecule has 2 aliphatic heterocycles. The van der Waals surface area contributed by atoms with Gasteiger partial charge in [-0.3, -0.25) is 19.2 Å². The molecule has 4 heterocycles. The molecule has 2 unspecified atom stereocenters. The number of nitrogens with zero attached hydrogens (tertiary/aromatic N) is 1. The van der Waals surface area contributed by atoms with Crippen molar-refractivity contribution >= 4 is 41.6 Å². The molecule has 1 saturated heterocycles. The minimum Gasteiger partial charge on any atom is -0.481 e. The van der Waals surface area contributed by atoms with Gasteiger partial charge in [0, 0.05) is 40.5 Å². The molecule has 10 nitrogen and oxygen atoms in total. The van der Waals surface area contributed by atoms with Crippen molar-refractivity contribution < 1.29 is 29.4 Å². The quantitative estimate of drug-likeness (QED) is 0.274. The van der Waals surface area contributed by atoms with Crippen molar-refractivity contribution in [1.29, 1.82) is 0 Å². The molecule has 0 spiro atoms. The first kappa shape index (κ1) is 30.2. The van der Waals surface area contributed by atoms with Crippen LogP contribution in [0.3, 0.4) is 0 Å². The van der Waals surface area contributed by atoms with Gasteiger partial charge < -0.3 is 25.5 Å². The summed E-state index contributed by atoms with van der Waals surface area (Å²) in [5, 5.41) is 23.3. The molecule has 2 atom stereocenters. The Bertz CT molecular complexity index is 1730. The van der Waals surface area contributed by atoms with Crippen LogP contribution >= 0.6 is 0 Å². The number of hydrogen-bond acceptors (Lipinski definition) is 4. The monoisotopic (exact) mass is 572 g/mol. The Kier molecular flexibility index (Phi) is 8.65. The number of H-pyrrole nitrogens is 2. The number of nitrogens with one attached hydrogen (secondary N) is 3. The Balaban J connectivity index is 1.86. The summed E-state index contributed by atoms with van der Waals surface area (Å²) >= 11 is 0. The van der Waals surface area contributed by atoms with E-state index >= 15 is 0 Å². The number of carboxylic acid groups (broad SMARTS) is 2. The molecule has 2 aromatic heterocycles. The van der Waals surface area contributed by atoms with E-state index in [-0.39, 0.29) is 43.0 Å². The van der Waals surface area contributed by atoms with Gasteiger partial charge in [0.1, 0.15) is 0 Å². The Morgan fingerprint density at radius 2 is 1.71 bits per heavy atom. The van der Waals surface area contributed by atoms with Gasteiger partial charge in [-0.25, -0.2) is 4.99 Å². The number of aromatic amines is 2. The maximum absolute atomic E-state index is 12.4. The number of rotatable bonds is 10. The zero-order chi connectivity index (χ0) is 30.9. The largest absolute Gasteiger partial charge is 0.481 e. The van der Waals surface area contributed by atoms with Gasteiger partial charge in [0.05, 0.1) is 24.1 Å². The van der Waals surface area contributed by atoms with Crippen LogP contribution in [0.5, 0.6) is 0 Å². The Hall–Kier alpha value is -4.73. The van der Waals surface area contributed by atoms with E-state index < -0.39 is 11.9 Å². The van der Waals surface area contributed by atoms with Crippen LogP contribution in [0, 0.1) is 19.8 Å². The van der Waals surface area contributed by atoms with E-state index in [0.717, 1.165) is 22.4 Å². The van der Waals surface area contributed by atoms with Crippen LogP contribution < -0.4 is 16.0 Å². The van der Waals surface area contributed by atoms with Crippen molar-refractivity contribution in [2.24, 2.45) is 10.9 Å².